The van der Waals surface area contributed by atoms with E-state index in [4.69, 9.17) is 14.5 Å². The van der Waals surface area contributed by atoms with Crippen LogP contribution in [0.1, 0.15) is 26.0 Å². The first-order chi connectivity index (χ1) is 11.7. The summed E-state index contributed by atoms with van der Waals surface area (Å²) in [4.78, 5) is 7.10. The maximum atomic E-state index is 5.44. The number of rotatable bonds is 8. The van der Waals surface area contributed by atoms with Gasteiger partial charge < -0.3 is 19.7 Å². The van der Waals surface area contributed by atoms with E-state index < -0.39 is 0 Å². The minimum absolute atomic E-state index is 0.303. The second kappa shape index (κ2) is 7.96. The lowest BCUT2D eigenvalue weighted by molar-refractivity contribution is 0.174. The highest BCUT2D eigenvalue weighted by molar-refractivity contribution is 7.13. The number of aromatic nitrogens is 1. The average molecular weight is 347 g/mol. The molecule has 1 unspecified atom stereocenters. The standard InChI is InChI=1S/C18H25N3O2S/c1-4-13(2)21(3)8-7-19-10-15-11-24-18(20-15)14-5-6-16-17(9-14)23-12-22-16/h5-6,9,11,13,19H,4,7-8,10,12H2,1-3H3. The Bertz CT molecular complexity index is 674. The molecule has 6 heteroatoms. The van der Waals surface area contributed by atoms with Crippen molar-refractivity contribution in [3.8, 4) is 22.1 Å². The fourth-order valence-electron chi connectivity index (χ4n) is 2.55. The highest BCUT2D eigenvalue weighted by atomic mass is 32.1. The number of nitrogens with one attached hydrogen (secondary N) is 1. The first-order valence-electron chi connectivity index (χ1n) is 8.42. The minimum atomic E-state index is 0.303. The number of hydrogen-bond donors (Lipinski definition) is 1. The summed E-state index contributed by atoms with van der Waals surface area (Å²) in [6.45, 7) is 7.61. The molecular formula is C18H25N3O2S. The number of fused-ring (bicyclic) bond motifs is 1. The lowest BCUT2D eigenvalue weighted by atomic mass is 10.2. The predicted molar refractivity (Wildman–Crippen MR) is 97.8 cm³/mol. The van der Waals surface area contributed by atoms with Crippen LogP contribution in [0, 0.1) is 0 Å². The van der Waals surface area contributed by atoms with Gasteiger partial charge in [-0.2, -0.15) is 0 Å². The van der Waals surface area contributed by atoms with Gasteiger partial charge in [-0.1, -0.05) is 6.92 Å². The topological polar surface area (TPSA) is 46.6 Å². The van der Waals surface area contributed by atoms with Crippen molar-refractivity contribution in [1.29, 1.82) is 0 Å². The Morgan fingerprint density at radius 2 is 2.17 bits per heavy atom. The first-order valence-corrected chi connectivity index (χ1v) is 9.30. The van der Waals surface area contributed by atoms with Gasteiger partial charge in [0.15, 0.2) is 11.5 Å². The van der Waals surface area contributed by atoms with Crippen molar-refractivity contribution in [2.75, 3.05) is 26.9 Å². The fourth-order valence-corrected chi connectivity index (χ4v) is 3.37. The fraction of sp³-hybridized carbons (Fsp3) is 0.500. The van der Waals surface area contributed by atoms with Crippen molar-refractivity contribution < 1.29 is 9.47 Å². The number of benzene rings is 1. The molecule has 1 aromatic carbocycles. The third kappa shape index (κ3) is 4.06. The Balaban J connectivity index is 1.51. The Kier molecular flexibility index (Phi) is 5.71. The number of hydrogen-bond acceptors (Lipinski definition) is 6. The molecule has 1 atom stereocenters. The SMILES string of the molecule is CCC(C)N(C)CCNCc1csc(-c2ccc3c(c2)OCO3)n1. The molecule has 3 rings (SSSR count). The second-order valence-electron chi connectivity index (χ2n) is 6.13. The summed E-state index contributed by atoms with van der Waals surface area (Å²) >= 11 is 1.66. The quantitative estimate of drug-likeness (QED) is 0.742. The van der Waals surface area contributed by atoms with Crippen molar-refractivity contribution >= 4 is 11.3 Å². The Morgan fingerprint density at radius 1 is 1.33 bits per heavy atom. The van der Waals surface area contributed by atoms with E-state index in [0.717, 1.165) is 47.4 Å². The van der Waals surface area contributed by atoms with Crippen LogP contribution < -0.4 is 14.8 Å². The maximum Gasteiger partial charge on any atom is 0.231 e. The van der Waals surface area contributed by atoms with Crippen LogP contribution in [0.2, 0.25) is 0 Å². The summed E-state index contributed by atoms with van der Waals surface area (Å²) < 4.78 is 10.8. The van der Waals surface area contributed by atoms with Gasteiger partial charge in [-0.25, -0.2) is 4.98 Å². The lowest BCUT2D eigenvalue weighted by Gasteiger charge is -2.23. The van der Waals surface area contributed by atoms with E-state index in [1.54, 1.807) is 11.3 Å². The van der Waals surface area contributed by atoms with Crippen LogP contribution in [-0.4, -0.2) is 42.9 Å². The summed E-state index contributed by atoms with van der Waals surface area (Å²) in [6.07, 6.45) is 1.18. The molecule has 5 nitrogen and oxygen atoms in total. The highest BCUT2D eigenvalue weighted by Crippen LogP contribution is 2.36. The largest absolute Gasteiger partial charge is 0.454 e. The van der Waals surface area contributed by atoms with Gasteiger partial charge in [0.25, 0.3) is 0 Å². The van der Waals surface area contributed by atoms with Gasteiger partial charge in [-0.3, -0.25) is 0 Å². The molecule has 1 aromatic heterocycles. The summed E-state index contributed by atoms with van der Waals surface area (Å²) in [7, 11) is 2.18. The van der Waals surface area contributed by atoms with Gasteiger partial charge >= 0.3 is 0 Å². The van der Waals surface area contributed by atoms with Gasteiger partial charge in [0.1, 0.15) is 5.01 Å². The molecule has 0 radical (unpaired) electrons. The molecule has 1 N–H and O–H groups in total. The normalized spacial score (nSPS) is 14.3. The van der Waals surface area contributed by atoms with Crippen LogP contribution in [-0.2, 0) is 6.54 Å². The van der Waals surface area contributed by atoms with Crippen LogP contribution in [0.15, 0.2) is 23.6 Å². The van der Waals surface area contributed by atoms with Crippen LogP contribution in [0.25, 0.3) is 10.6 Å². The molecule has 0 fully saturated rings. The van der Waals surface area contributed by atoms with Crippen molar-refractivity contribution in [3.63, 3.8) is 0 Å². The van der Waals surface area contributed by atoms with E-state index in [-0.39, 0.29) is 0 Å². The third-order valence-corrected chi connectivity index (χ3v) is 5.40. The second-order valence-corrected chi connectivity index (χ2v) is 6.98. The zero-order chi connectivity index (χ0) is 16.9. The Morgan fingerprint density at radius 3 is 3.00 bits per heavy atom. The Hall–Kier alpha value is -1.63. The molecule has 0 aliphatic carbocycles. The molecule has 1 aliphatic rings. The number of likely N-dealkylation sites (N-methyl/N-ethyl adjacent to an activating group) is 1. The monoisotopic (exact) mass is 347 g/mol. The van der Waals surface area contributed by atoms with E-state index >= 15 is 0 Å². The van der Waals surface area contributed by atoms with Crippen molar-refractivity contribution in [1.82, 2.24) is 15.2 Å². The molecule has 0 saturated heterocycles. The minimum Gasteiger partial charge on any atom is -0.454 e. The number of thiazole rings is 1. The molecule has 0 bridgehead atoms. The van der Waals surface area contributed by atoms with Gasteiger partial charge in [0.2, 0.25) is 6.79 Å². The van der Waals surface area contributed by atoms with E-state index in [2.05, 4.69) is 36.5 Å². The van der Waals surface area contributed by atoms with E-state index in [1.807, 2.05) is 18.2 Å². The van der Waals surface area contributed by atoms with Crippen LogP contribution in [0.4, 0.5) is 0 Å². The van der Waals surface area contributed by atoms with E-state index in [9.17, 15) is 0 Å². The summed E-state index contributed by atoms with van der Waals surface area (Å²) in [5.74, 6) is 1.61. The molecule has 0 spiro atoms. The van der Waals surface area contributed by atoms with Crippen LogP contribution in [0.5, 0.6) is 11.5 Å². The summed E-state index contributed by atoms with van der Waals surface area (Å²) in [5.41, 5.74) is 2.16. The van der Waals surface area contributed by atoms with E-state index in [0.29, 0.717) is 12.8 Å². The zero-order valence-corrected chi connectivity index (χ0v) is 15.4. The predicted octanol–water partition coefficient (Wildman–Crippen LogP) is 3.36. The lowest BCUT2D eigenvalue weighted by Crippen LogP contribution is -2.34. The molecule has 2 heterocycles. The Labute approximate surface area is 147 Å². The number of nitrogens with zero attached hydrogens (tertiary/aromatic N) is 2. The molecule has 0 amide bonds. The molecule has 1 aliphatic heterocycles. The molecule has 2 aromatic rings. The van der Waals surface area contributed by atoms with E-state index in [1.165, 1.54) is 6.42 Å². The van der Waals surface area contributed by atoms with Crippen molar-refractivity contribution in [2.45, 2.75) is 32.9 Å². The van der Waals surface area contributed by atoms with Crippen LogP contribution >= 0.6 is 11.3 Å². The van der Waals surface area contributed by atoms with Crippen LogP contribution in [0.3, 0.4) is 0 Å². The van der Waals surface area contributed by atoms with Gasteiger partial charge in [-0.05, 0) is 38.6 Å². The molecular weight excluding hydrogens is 322 g/mol. The molecule has 0 saturated carbocycles. The summed E-state index contributed by atoms with van der Waals surface area (Å²) in [5, 5.41) is 6.61. The molecule has 130 valence electrons. The highest BCUT2D eigenvalue weighted by Gasteiger charge is 2.15. The first kappa shape index (κ1) is 17.2. The van der Waals surface area contributed by atoms with Crippen molar-refractivity contribution in [3.05, 3.63) is 29.3 Å². The van der Waals surface area contributed by atoms with Gasteiger partial charge in [-0.15, -0.1) is 11.3 Å². The maximum absolute atomic E-state index is 5.44. The van der Waals surface area contributed by atoms with Crippen molar-refractivity contribution in [2.24, 2.45) is 0 Å². The zero-order valence-electron chi connectivity index (χ0n) is 14.5. The van der Waals surface area contributed by atoms with Gasteiger partial charge in [0.05, 0.1) is 5.69 Å². The third-order valence-electron chi connectivity index (χ3n) is 4.46. The summed E-state index contributed by atoms with van der Waals surface area (Å²) in [6, 6.07) is 6.61. The number of ether oxygens (including phenoxy) is 2. The average Bonchev–Trinajstić information content (AvgIpc) is 3.25. The molecule has 24 heavy (non-hydrogen) atoms. The smallest absolute Gasteiger partial charge is 0.231 e. The van der Waals surface area contributed by atoms with Gasteiger partial charge in [0, 0.05) is 36.6 Å².